The minimum atomic E-state index is -0.388. The minimum Gasteiger partial charge on any atom is -0.494 e. The number of aromatic nitrogens is 1. The Hall–Kier alpha value is -4.78. The number of carbonyl (C=O) groups excluding carboxylic acids is 3. The normalized spacial score (nSPS) is 11.4. The summed E-state index contributed by atoms with van der Waals surface area (Å²) in [4.78, 5) is 43.2. The number of hydrogen-bond donors (Lipinski definition) is 2. The van der Waals surface area contributed by atoms with Crippen LogP contribution in [0.5, 0.6) is 5.75 Å². The third-order valence-electron chi connectivity index (χ3n) is 6.66. The topological polar surface area (TPSA) is 97.4 Å². The second-order valence-corrected chi connectivity index (χ2v) is 9.84. The smallest absolute Gasteiger partial charge is 0.256 e. The van der Waals surface area contributed by atoms with E-state index in [9.17, 15) is 14.4 Å². The molecule has 0 aliphatic carbocycles. The Kier molecular flexibility index (Phi) is 10.4. The Labute approximate surface area is 241 Å². The van der Waals surface area contributed by atoms with Crippen LogP contribution in [0.1, 0.15) is 87.8 Å². The van der Waals surface area contributed by atoms with Gasteiger partial charge in [-0.25, -0.2) is 4.98 Å². The lowest BCUT2D eigenvalue weighted by atomic mass is 10.00. The van der Waals surface area contributed by atoms with E-state index in [4.69, 9.17) is 4.74 Å². The fourth-order valence-corrected chi connectivity index (χ4v) is 4.33. The molecule has 7 nitrogen and oxygen atoms in total. The van der Waals surface area contributed by atoms with Gasteiger partial charge in [0.2, 0.25) is 0 Å². The van der Waals surface area contributed by atoms with Gasteiger partial charge in [-0.15, -0.1) is 0 Å². The van der Waals surface area contributed by atoms with E-state index < -0.39 is 0 Å². The number of unbranched alkanes of at least 4 members (excludes halogenated alkanes) is 3. The van der Waals surface area contributed by atoms with Crippen molar-refractivity contribution < 1.29 is 19.1 Å². The molecule has 4 rings (SSSR count). The molecule has 0 aliphatic heterocycles. The van der Waals surface area contributed by atoms with Crippen LogP contribution in [0.3, 0.4) is 0 Å². The van der Waals surface area contributed by atoms with E-state index in [1.165, 1.54) is 0 Å². The fourth-order valence-electron chi connectivity index (χ4n) is 4.33. The molecular formula is C34H35N3O4. The summed E-state index contributed by atoms with van der Waals surface area (Å²) in [6, 6.07) is 26.0. The van der Waals surface area contributed by atoms with Crippen molar-refractivity contribution >= 4 is 23.4 Å². The summed E-state index contributed by atoms with van der Waals surface area (Å²) in [6.07, 6.45) is 5.78. The van der Waals surface area contributed by atoms with Crippen LogP contribution in [-0.4, -0.2) is 29.2 Å². The Balaban J connectivity index is 1.48. The molecule has 1 aromatic heterocycles. The van der Waals surface area contributed by atoms with Gasteiger partial charge in [-0.05, 0) is 49.2 Å². The molecule has 0 aliphatic rings. The lowest BCUT2D eigenvalue weighted by Gasteiger charge is -2.16. The first kappa shape index (κ1) is 29.2. The highest BCUT2D eigenvalue weighted by molar-refractivity contribution is 6.09. The molecule has 7 heteroatoms. The van der Waals surface area contributed by atoms with Crippen LogP contribution in [0, 0.1) is 0 Å². The van der Waals surface area contributed by atoms with Crippen molar-refractivity contribution in [3.05, 3.63) is 125 Å². The quantitative estimate of drug-likeness (QED) is 0.138. The third-order valence-corrected chi connectivity index (χ3v) is 6.66. The summed E-state index contributed by atoms with van der Waals surface area (Å²) in [6.45, 7) is 4.51. The summed E-state index contributed by atoms with van der Waals surface area (Å²) in [5.74, 6) is 0.0805. The van der Waals surface area contributed by atoms with Crippen LogP contribution in [0.4, 0.5) is 5.82 Å². The number of pyridine rings is 1. The van der Waals surface area contributed by atoms with Crippen molar-refractivity contribution in [1.29, 1.82) is 0 Å². The maximum absolute atomic E-state index is 13.3. The molecule has 2 amide bonds. The first-order chi connectivity index (χ1) is 19.9. The number of amides is 2. The first-order valence-corrected chi connectivity index (χ1v) is 14.0. The van der Waals surface area contributed by atoms with E-state index in [0.717, 1.165) is 31.2 Å². The van der Waals surface area contributed by atoms with Crippen LogP contribution in [0.25, 0.3) is 0 Å². The van der Waals surface area contributed by atoms with Gasteiger partial charge in [0.05, 0.1) is 12.6 Å². The number of ketones is 1. The molecule has 0 bridgehead atoms. The Morgan fingerprint density at radius 1 is 0.756 bits per heavy atom. The molecule has 0 saturated heterocycles. The van der Waals surface area contributed by atoms with Crippen molar-refractivity contribution in [3.63, 3.8) is 0 Å². The molecule has 1 atom stereocenters. The zero-order valence-corrected chi connectivity index (χ0v) is 23.4. The van der Waals surface area contributed by atoms with E-state index in [1.54, 1.807) is 66.9 Å². The van der Waals surface area contributed by atoms with Crippen LogP contribution < -0.4 is 15.4 Å². The van der Waals surface area contributed by atoms with E-state index in [0.29, 0.717) is 40.4 Å². The lowest BCUT2D eigenvalue weighted by Crippen LogP contribution is -2.27. The molecule has 0 unspecified atom stereocenters. The maximum atomic E-state index is 13.3. The Morgan fingerprint density at radius 3 is 2.12 bits per heavy atom. The zero-order chi connectivity index (χ0) is 29.0. The van der Waals surface area contributed by atoms with Gasteiger partial charge in [-0.3, -0.25) is 14.4 Å². The molecular weight excluding hydrogens is 514 g/mol. The van der Waals surface area contributed by atoms with Crippen LogP contribution in [0.15, 0.2) is 97.2 Å². The van der Waals surface area contributed by atoms with Crippen molar-refractivity contribution in [2.24, 2.45) is 0 Å². The van der Waals surface area contributed by atoms with Gasteiger partial charge in [-0.1, -0.05) is 86.8 Å². The van der Waals surface area contributed by atoms with Gasteiger partial charge in [-0.2, -0.15) is 0 Å². The van der Waals surface area contributed by atoms with E-state index >= 15 is 0 Å². The second kappa shape index (κ2) is 14.6. The Morgan fingerprint density at radius 2 is 1.44 bits per heavy atom. The third kappa shape index (κ3) is 8.35. The summed E-state index contributed by atoms with van der Waals surface area (Å²) >= 11 is 0. The first-order valence-electron chi connectivity index (χ1n) is 14.0. The summed E-state index contributed by atoms with van der Waals surface area (Å²) in [5.41, 5.74) is 2.65. The summed E-state index contributed by atoms with van der Waals surface area (Å²) < 4.78 is 5.94. The maximum Gasteiger partial charge on any atom is 0.256 e. The molecule has 0 fully saturated rings. The van der Waals surface area contributed by atoms with Crippen LogP contribution in [0.2, 0.25) is 0 Å². The van der Waals surface area contributed by atoms with E-state index in [-0.39, 0.29) is 23.6 Å². The molecule has 0 radical (unpaired) electrons. The molecule has 210 valence electrons. The molecule has 4 aromatic rings. The van der Waals surface area contributed by atoms with Crippen molar-refractivity contribution in [2.45, 2.75) is 45.6 Å². The molecule has 0 saturated carbocycles. The number of anilines is 1. The second-order valence-electron chi connectivity index (χ2n) is 9.84. The average molecular weight is 550 g/mol. The number of carbonyl (C=O) groups is 3. The van der Waals surface area contributed by atoms with E-state index in [2.05, 4.69) is 22.5 Å². The lowest BCUT2D eigenvalue weighted by molar-refractivity contribution is 0.0938. The number of ether oxygens (including phenoxy) is 1. The predicted molar refractivity (Wildman–Crippen MR) is 160 cm³/mol. The molecule has 1 heterocycles. The minimum absolute atomic E-state index is 0.0585. The van der Waals surface area contributed by atoms with Gasteiger partial charge in [0, 0.05) is 28.5 Å². The van der Waals surface area contributed by atoms with Gasteiger partial charge < -0.3 is 15.4 Å². The summed E-state index contributed by atoms with van der Waals surface area (Å²) in [7, 11) is 0. The van der Waals surface area contributed by atoms with Gasteiger partial charge in [0.15, 0.2) is 5.78 Å². The van der Waals surface area contributed by atoms with Crippen molar-refractivity contribution in [1.82, 2.24) is 10.3 Å². The number of benzene rings is 3. The zero-order valence-electron chi connectivity index (χ0n) is 23.4. The monoisotopic (exact) mass is 549 g/mol. The number of nitrogens with zero attached hydrogens (tertiary/aromatic N) is 1. The molecule has 0 spiro atoms. The number of rotatable bonds is 13. The average Bonchev–Trinajstić information content (AvgIpc) is 3.01. The predicted octanol–water partition coefficient (Wildman–Crippen LogP) is 7.02. The standard InChI is InChI=1S/C34H35N3O4/c1-3-4-5-11-20-41-30-22-28(21-29(23-30)34(40)37-31-14-9-10-19-35-31)33(39)36-24(2)25-15-17-27(18-16-25)32(38)26-12-7-6-8-13-26/h6-10,12-19,21-24H,3-5,11,20H2,1-2H3,(H,36,39)(H,35,37,40)/t24-/m0/s1. The SMILES string of the molecule is CCCCCCOc1cc(C(=O)Nc2ccccn2)cc(C(=O)N[C@@H](C)c2ccc(C(=O)c3ccccc3)cc2)c1. The van der Waals surface area contributed by atoms with Gasteiger partial charge >= 0.3 is 0 Å². The van der Waals surface area contributed by atoms with Crippen LogP contribution >= 0.6 is 0 Å². The van der Waals surface area contributed by atoms with Crippen molar-refractivity contribution in [2.75, 3.05) is 11.9 Å². The highest BCUT2D eigenvalue weighted by Crippen LogP contribution is 2.21. The number of hydrogen-bond acceptors (Lipinski definition) is 5. The van der Waals surface area contributed by atoms with Gasteiger partial charge in [0.1, 0.15) is 11.6 Å². The van der Waals surface area contributed by atoms with Crippen LogP contribution in [-0.2, 0) is 0 Å². The fraction of sp³-hybridized carbons (Fsp3) is 0.235. The summed E-state index contributed by atoms with van der Waals surface area (Å²) in [5, 5.41) is 5.76. The highest BCUT2D eigenvalue weighted by atomic mass is 16.5. The highest BCUT2D eigenvalue weighted by Gasteiger charge is 2.17. The molecule has 3 aromatic carbocycles. The Bertz CT molecular complexity index is 1450. The van der Waals surface area contributed by atoms with Crippen molar-refractivity contribution in [3.8, 4) is 5.75 Å². The van der Waals surface area contributed by atoms with Gasteiger partial charge in [0.25, 0.3) is 11.8 Å². The molecule has 2 N–H and O–H groups in total. The number of nitrogens with one attached hydrogen (secondary N) is 2. The van der Waals surface area contributed by atoms with E-state index in [1.807, 2.05) is 37.3 Å². The largest absolute Gasteiger partial charge is 0.494 e. The molecule has 41 heavy (non-hydrogen) atoms.